The van der Waals surface area contributed by atoms with Crippen LogP contribution in [0.1, 0.15) is 48.1 Å². The van der Waals surface area contributed by atoms with E-state index in [1.54, 1.807) is 13.0 Å². The Morgan fingerprint density at radius 1 is 1.44 bits per heavy atom. The van der Waals surface area contributed by atoms with Crippen LogP contribution in [0.25, 0.3) is 10.9 Å². The number of anilines is 1. The Balaban J connectivity index is 1.96. The van der Waals surface area contributed by atoms with Crippen LogP contribution >= 0.6 is 0 Å². The van der Waals surface area contributed by atoms with Crippen molar-refractivity contribution in [1.29, 1.82) is 0 Å². The second-order valence-corrected chi connectivity index (χ2v) is 8.23. The maximum Gasteiger partial charge on any atom is 0.341 e. The van der Waals surface area contributed by atoms with Crippen LogP contribution in [-0.4, -0.2) is 35.3 Å². The molecule has 2 fully saturated rings. The minimum atomic E-state index is -1.28. The molecule has 2 aromatic rings. The Morgan fingerprint density at radius 3 is 2.70 bits per heavy atom. The first-order chi connectivity index (χ1) is 12.8. The summed E-state index contributed by atoms with van der Waals surface area (Å²) in [5.41, 5.74) is 6.20. The van der Waals surface area contributed by atoms with Crippen LogP contribution in [0.3, 0.4) is 0 Å². The van der Waals surface area contributed by atoms with Crippen LogP contribution in [0.5, 0.6) is 0 Å². The van der Waals surface area contributed by atoms with Gasteiger partial charge in [-0.3, -0.25) is 4.79 Å². The molecule has 0 spiro atoms. The normalized spacial score (nSPS) is 22.6. The van der Waals surface area contributed by atoms with Crippen molar-refractivity contribution in [1.82, 2.24) is 4.57 Å². The maximum absolute atomic E-state index is 15.2. The lowest BCUT2D eigenvalue weighted by atomic mass is 9.90. The molecule has 1 saturated carbocycles. The SMILES string of the molecule is Cc1c(F)c(N2CCC(C)(CN)C2)cc2c1c(=O)c(C(=O)O)cn2C1CC1. The van der Waals surface area contributed by atoms with E-state index in [1.165, 1.54) is 6.20 Å². The van der Waals surface area contributed by atoms with Gasteiger partial charge in [-0.2, -0.15) is 0 Å². The summed E-state index contributed by atoms with van der Waals surface area (Å²) in [4.78, 5) is 26.2. The van der Waals surface area contributed by atoms with E-state index in [4.69, 9.17) is 5.73 Å². The van der Waals surface area contributed by atoms with Gasteiger partial charge in [-0.05, 0) is 44.2 Å². The molecule has 2 aliphatic rings. The molecule has 1 atom stereocenters. The number of carbonyl (C=O) groups is 1. The number of pyridine rings is 1. The highest BCUT2D eigenvalue weighted by atomic mass is 19.1. The van der Waals surface area contributed by atoms with Gasteiger partial charge in [0.1, 0.15) is 11.4 Å². The van der Waals surface area contributed by atoms with Crippen molar-refractivity contribution < 1.29 is 14.3 Å². The van der Waals surface area contributed by atoms with Crippen molar-refractivity contribution >= 4 is 22.6 Å². The fourth-order valence-electron chi connectivity index (χ4n) is 4.08. The lowest BCUT2D eigenvalue weighted by Gasteiger charge is -2.25. The molecule has 2 heterocycles. The third kappa shape index (κ3) is 2.81. The fraction of sp³-hybridized carbons (Fsp3) is 0.500. The number of benzene rings is 1. The van der Waals surface area contributed by atoms with E-state index in [0.29, 0.717) is 30.8 Å². The average Bonchev–Trinajstić information content (AvgIpc) is 3.39. The number of fused-ring (bicyclic) bond motifs is 1. The third-order valence-corrected chi connectivity index (χ3v) is 6.04. The van der Waals surface area contributed by atoms with Gasteiger partial charge in [0.15, 0.2) is 0 Å². The van der Waals surface area contributed by atoms with Crippen LogP contribution in [0.4, 0.5) is 10.1 Å². The molecule has 0 amide bonds. The first-order valence-corrected chi connectivity index (χ1v) is 9.32. The van der Waals surface area contributed by atoms with Gasteiger partial charge in [-0.15, -0.1) is 0 Å². The maximum atomic E-state index is 15.2. The van der Waals surface area contributed by atoms with E-state index >= 15 is 4.39 Å². The van der Waals surface area contributed by atoms with Crippen molar-refractivity contribution in [2.24, 2.45) is 11.1 Å². The number of hydrogen-bond donors (Lipinski definition) is 2. The van der Waals surface area contributed by atoms with E-state index in [0.717, 1.165) is 19.3 Å². The Hall–Kier alpha value is -2.41. The highest BCUT2D eigenvalue weighted by Gasteiger charge is 2.35. The lowest BCUT2D eigenvalue weighted by Crippen LogP contribution is -2.31. The van der Waals surface area contributed by atoms with E-state index in [-0.39, 0.29) is 28.0 Å². The Kier molecular flexibility index (Phi) is 4.03. The molecule has 6 nitrogen and oxygen atoms in total. The number of nitrogens with zero attached hydrogens (tertiary/aromatic N) is 2. The summed E-state index contributed by atoms with van der Waals surface area (Å²) in [5.74, 6) is -1.73. The van der Waals surface area contributed by atoms with Gasteiger partial charge in [-0.1, -0.05) is 6.92 Å². The molecule has 0 bridgehead atoms. The monoisotopic (exact) mass is 373 g/mol. The number of rotatable bonds is 4. The fourth-order valence-corrected chi connectivity index (χ4v) is 4.08. The summed E-state index contributed by atoms with van der Waals surface area (Å²) in [6.45, 7) is 5.55. The zero-order valence-electron chi connectivity index (χ0n) is 15.6. The van der Waals surface area contributed by atoms with Gasteiger partial charge in [0.2, 0.25) is 5.43 Å². The molecule has 1 saturated heterocycles. The van der Waals surface area contributed by atoms with Crippen LogP contribution in [0.15, 0.2) is 17.1 Å². The number of carboxylic acids is 1. The zero-order chi connectivity index (χ0) is 19.5. The minimum Gasteiger partial charge on any atom is -0.477 e. The summed E-state index contributed by atoms with van der Waals surface area (Å²) in [6, 6.07) is 1.88. The molecule has 0 radical (unpaired) electrons. The third-order valence-electron chi connectivity index (χ3n) is 6.04. The molecular formula is C20H24FN3O3. The molecule has 3 N–H and O–H groups in total. The second kappa shape index (κ2) is 6.05. The van der Waals surface area contributed by atoms with Gasteiger partial charge < -0.3 is 20.3 Å². The van der Waals surface area contributed by atoms with Gasteiger partial charge in [0.25, 0.3) is 0 Å². The van der Waals surface area contributed by atoms with Gasteiger partial charge in [0, 0.05) is 30.9 Å². The summed E-state index contributed by atoms with van der Waals surface area (Å²) in [5, 5.41) is 9.57. The van der Waals surface area contributed by atoms with E-state index in [2.05, 4.69) is 6.92 Å². The van der Waals surface area contributed by atoms with E-state index in [1.807, 2.05) is 9.47 Å². The Bertz CT molecular complexity index is 1010. The first kappa shape index (κ1) is 18.0. The second-order valence-electron chi connectivity index (χ2n) is 8.23. The summed E-state index contributed by atoms with van der Waals surface area (Å²) < 4.78 is 17.1. The number of aromatic carboxylic acids is 1. The smallest absolute Gasteiger partial charge is 0.341 e. The standard InChI is InChI=1S/C20H24FN3O3/c1-11-16-14(24(12-3-4-12)8-13(18(16)25)19(26)27)7-15(17(11)21)23-6-5-20(2,9-22)10-23/h7-8,12H,3-6,9-10,22H2,1-2H3,(H,26,27). The number of nitrogens with two attached hydrogens (primary N) is 1. The molecule has 1 aliphatic heterocycles. The number of hydrogen-bond acceptors (Lipinski definition) is 4. The molecule has 27 heavy (non-hydrogen) atoms. The number of halogens is 1. The van der Waals surface area contributed by atoms with Crippen LogP contribution < -0.4 is 16.1 Å². The van der Waals surface area contributed by atoms with Crippen molar-refractivity contribution in [2.75, 3.05) is 24.5 Å². The largest absolute Gasteiger partial charge is 0.477 e. The number of carboxylic acid groups (broad SMARTS) is 1. The highest BCUT2D eigenvalue weighted by Crippen LogP contribution is 2.40. The molecule has 1 unspecified atom stereocenters. The van der Waals surface area contributed by atoms with E-state index in [9.17, 15) is 14.7 Å². The molecular weight excluding hydrogens is 349 g/mol. The Morgan fingerprint density at radius 2 is 2.15 bits per heavy atom. The van der Waals surface area contributed by atoms with Gasteiger partial charge >= 0.3 is 5.97 Å². The summed E-state index contributed by atoms with van der Waals surface area (Å²) in [7, 11) is 0. The summed E-state index contributed by atoms with van der Waals surface area (Å²) in [6.07, 6.45) is 4.16. The van der Waals surface area contributed by atoms with Crippen molar-refractivity contribution in [3.8, 4) is 0 Å². The lowest BCUT2D eigenvalue weighted by molar-refractivity contribution is 0.0695. The zero-order valence-corrected chi connectivity index (χ0v) is 15.6. The van der Waals surface area contributed by atoms with Crippen LogP contribution in [0.2, 0.25) is 0 Å². The van der Waals surface area contributed by atoms with Crippen LogP contribution in [0, 0.1) is 18.2 Å². The topological polar surface area (TPSA) is 88.6 Å². The number of aromatic nitrogens is 1. The van der Waals surface area contributed by atoms with Gasteiger partial charge in [-0.25, -0.2) is 9.18 Å². The van der Waals surface area contributed by atoms with Crippen molar-refractivity contribution in [3.05, 3.63) is 39.4 Å². The van der Waals surface area contributed by atoms with Crippen LogP contribution in [-0.2, 0) is 0 Å². The molecule has 144 valence electrons. The predicted octanol–water partition coefficient (Wildman–Crippen LogP) is 2.66. The predicted molar refractivity (Wildman–Crippen MR) is 102 cm³/mol. The van der Waals surface area contributed by atoms with Gasteiger partial charge in [0.05, 0.1) is 16.6 Å². The molecule has 1 aromatic carbocycles. The number of aryl methyl sites for hydroxylation is 1. The first-order valence-electron chi connectivity index (χ1n) is 9.32. The molecule has 1 aromatic heterocycles. The average molecular weight is 373 g/mol. The minimum absolute atomic E-state index is 0.0569. The molecule has 4 rings (SSSR count). The highest BCUT2D eigenvalue weighted by molar-refractivity contribution is 5.95. The summed E-state index contributed by atoms with van der Waals surface area (Å²) >= 11 is 0. The van der Waals surface area contributed by atoms with Crippen molar-refractivity contribution in [3.63, 3.8) is 0 Å². The Labute approximate surface area is 156 Å². The molecule has 1 aliphatic carbocycles. The van der Waals surface area contributed by atoms with Crippen molar-refractivity contribution in [2.45, 2.75) is 39.2 Å². The molecule has 7 heteroatoms. The van der Waals surface area contributed by atoms with E-state index < -0.39 is 17.2 Å². The quantitative estimate of drug-likeness (QED) is 0.860.